The van der Waals surface area contributed by atoms with Crippen molar-refractivity contribution < 1.29 is 28.6 Å². The highest BCUT2D eigenvalue weighted by Crippen LogP contribution is 2.15. The molecule has 0 fully saturated rings. The van der Waals surface area contributed by atoms with E-state index in [4.69, 9.17) is 14.2 Å². The molecule has 0 N–H and O–H groups in total. The summed E-state index contributed by atoms with van der Waals surface area (Å²) in [5, 5.41) is 0. The molecule has 6 heteroatoms. The van der Waals surface area contributed by atoms with Gasteiger partial charge >= 0.3 is 17.9 Å². The van der Waals surface area contributed by atoms with Crippen molar-refractivity contribution in [2.45, 2.75) is 297 Å². The van der Waals surface area contributed by atoms with Crippen LogP contribution in [0, 0.1) is 0 Å². The molecule has 0 aromatic rings. The van der Waals surface area contributed by atoms with Gasteiger partial charge in [-0.1, -0.05) is 281 Å². The third kappa shape index (κ3) is 67.7. The number of hydrogen-bond donors (Lipinski definition) is 0. The molecular weight excluding hydrogens is 1020 g/mol. The summed E-state index contributed by atoms with van der Waals surface area (Å²) in [5.74, 6) is -0.929. The maximum Gasteiger partial charge on any atom is 0.306 e. The zero-order chi connectivity index (χ0) is 59.9. The van der Waals surface area contributed by atoms with Gasteiger partial charge in [-0.3, -0.25) is 14.4 Å². The van der Waals surface area contributed by atoms with Gasteiger partial charge in [0.25, 0.3) is 0 Å². The van der Waals surface area contributed by atoms with Crippen molar-refractivity contribution in [2.24, 2.45) is 0 Å². The SMILES string of the molecule is CC/C=C\C/C=C\C/C=C\C/C=C\C/C=C\C/C=C\C/C=C\CCCCCCCCCCCC(=O)OCC(COC(=O)CCCCCCC/C=C\C/C=C\CCCCC)OC(=O)CCCCCCCC/C=C\C/C=C\C/C=C\C/C=C\CC. The summed E-state index contributed by atoms with van der Waals surface area (Å²) in [7, 11) is 0. The number of ether oxygens (including phenoxy) is 3. The highest BCUT2D eigenvalue weighted by molar-refractivity contribution is 5.71. The van der Waals surface area contributed by atoms with E-state index in [0.29, 0.717) is 19.3 Å². The Balaban J connectivity index is 4.38. The number of unbranched alkanes of at least 4 members (excludes halogenated alkanes) is 23. The van der Waals surface area contributed by atoms with Gasteiger partial charge in [-0.25, -0.2) is 0 Å². The minimum absolute atomic E-state index is 0.0971. The lowest BCUT2D eigenvalue weighted by molar-refractivity contribution is -0.167. The van der Waals surface area contributed by atoms with Gasteiger partial charge in [0.1, 0.15) is 13.2 Å². The lowest BCUT2D eigenvalue weighted by atomic mass is 10.1. The monoisotopic (exact) mass is 1140 g/mol. The van der Waals surface area contributed by atoms with Crippen molar-refractivity contribution >= 4 is 17.9 Å². The van der Waals surface area contributed by atoms with Gasteiger partial charge in [-0.2, -0.15) is 0 Å². The van der Waals surface area contributed by atoms with Crippen LogP contribution in [0.3, 0.4) is 0 Å². The van der Waals surface area contributed by atoms with Crippen LogP contribution in [-0.2, 0) is 28.6 Å². The molecule has 0 aromatic heterocycles. The molecule has 0 bridgehead atoms. The maximum atomic E-state index is 12.9. The van der Waals surface area contributed by atoms with Crippen LogP contribution >= 0.6 is 0 Å². The third-order valence-electron chi connectivity index (χ3n) is 14.0. The second-order valence-electron chi connectivity index (χ2n) is 22.0. The molecule has 0 aliphatic heterocycles. The molecule has 0 aliphatic carbocycles. The molecule has 1 atom stereocenters. The molecule has 0 saturated heterocycles. The Hall–Kier alpha value is -4.97. The Morgan fingerprint density at radius 2 is 0.470 bits per heavy atom. The fraction of sp³-hybridized carbons (Fsp3) is 0.623. The first-order chi connectivity index (χ1) is 41.0. The summed E-state index contributed by atoms with van der Waals surface area (Å²) < 4.78 is 16.9. The van der Waals surface area contributed by atoms with Gasteiger partial charge in [-0.15, -0.1) is 0 Å². The largest absolute Gasteiger partial charge is 0.462 e. The summed E-state index contributed by atoms with van der Waals surface area (Å²) in [6.45, 7) is 6.36. The first-order valence-electron chi connectivity index (χ1n) is 34.0. The molecule has 1 unspecified atom stereocenters. The molecule has 0 aromatic carbocycles. The Labute approximate surface area is 511 Å². The molecule has 83 heavy (non-hydrogen) atoms. The van der Waals surface area contributed by atoms with Crippen LogP contribution in [0.2, 0.25) is 0 Å². The predicted molar refractivity (Wildman–Crippen MR) is 362 cm³/mol. The smallest absolute Gasteiger partial charge is 0.306 e. The van der Waals surface area contributed by atoms with Crippen molar-refractivity contribution in [1.29, 1.82) is 0 Å². The fourth-order valence-corrected chi connectivity index (χ4v) is 8.97. The number of esters is 3. The predicted octanol–water partition coefficient (Wildman–Crippen LogP) is 23.7. The summed E-state index contributed by atoms with van der Waals surface area (Å²) in [6, 6.07) is 0. The zero-order valence-corrected chi connectivity index (χ0v) is 53.7. The Bertz CT molecular complexity index is 1840. The van der Waals surface area contributed by atoms with Gasteiger partial charge in [0.15, 0.2) is 6.10 Å². The van der Waals surface area contributed by atoms with E-state index in [-0.39, 0.29) is 31.1 Å². The van der Waals surface area contributed by atoms with Gasteiger partial charge in [0.05, 0.1) is 0 Å². The van der Waals surface area contributed by atoms with Crippen molar-refractivity contribution in [3.05, 3.63) is 158 Å². The number of hydrogen-bond acceptors (Lipinski definition) is 6. The Kier molecular flexibility index (Phi) is 65.4. The summed E-state index contributed by atoms with van der Waals surface area (Å²) in [6.07, 6.45) is 101. The lowest BCUT2D eigenvalue weighted by Gasteiger charge is -2.18. The van der Waals surface area contributed by atoms with Crippen LogP contribution in [0.25, 0.3) is 0 Å². The number of carbonyl (C=O) groups excluding carboxylic acids is 3. The fourth-order valence-electron chi connectivity index (χ4n) is 8.97. The van der Waals surface area contributed by atoms with E-state index in [9.17, 15) is 14.4 Å². The van der Waals surface area contributed by atoms with Crippen LogP contribution in [0.15, 0.2) is 158 Å². The van der Waals surface area contributed by atoms with Gasteiger partial charge in [-0.05, 0) is 148 Å². The van der Waals surface area contributed by atoms with Gasteiger partial charge in [0, 0.05) is 19.3 Å². The minimum atomic E-state index is -0.803. The topological polar surface area (TPSA) is 78.9 Å². The van der Waals surface area contributed by atoms with Crippen LogP contribution < -0.4 is 0 Å². The summed E-state index contributed by atoms with van der Waals surface area (Å²) >= 11 is 0. The molecule has 0 aliphatic rings. The number of rotatable bonds is 60. The molecular formula is C77H124O6. The van der Waals surface area contributed by atoms with E-state index in [1.165, 1.54) is 77.0 Å². The van der Waals surface area contributed by atoms with E-state index in [1.54, 1.807) is 0 Å². The van der Waals surface area contributed by atoms with Crippen molar-refractivity contribution in [3.8, 4) is 0 Å². The maximum absolute atomic E-state index is 12.9. The summed E-state index contributed by atoms with van der Waals surface area (Å²) in [5.41, 5.74) is 0. The number of allylic oxidation sites excluding steroid dienone is 26. The van der Waals surface area contributed by atoms with E-state index in [2.05, 4.69) is 179 Å². The molecule has 0 saturated carbocycles. The highest BCUT2D eigenvalue weighted by Gasteiger charge is 2.19. The highest BCUT2D eigenvalue weighted by atomic mass is 16.6. The molecule has 0 rings (SSSR count). The molecule has 0 heterocycles. The molecule has 6 nitrogen and oxygen atoms in total. The third-order valence-corrected chi connectivity index (χ3v) is 14.0. The lowest BCUT2D eigenvalue weighted by Crippen LogP contribution is -2.30. The van der Waals surface area contributed by atoms with Gasteiger partial charge in [0.2, 0.25) is 0 Å². The summed E-state index contributed by atoms with van der Waals surface area (Å²) in [4.78, 5) is 38.4. The molecule has 0 amide bonds. The Morgan fingerprint density at radius 1 is 0.253 bits per heavy atom. The van der Waals surface area contributed by atoms with Gasteiger partial charge < -0.3 is 14.2 Å². The van der Waals surface area contributed by atoms with Crippen LogP contribution in [-0.4, -0.2) is 37.2 Å². The van der Waals surface area contributed by atoms with Crippen molar-refractivity contribution in [3.63, 3.8) is 0 Å². The van der Waals surface area contributed by atoms with E-state index in [1.807, 2.05) is 0 Å². The van der Waals surface area contributed by atoms with Crippen LogP contribution in [0.4, 0.5) is 0 Å². The van der Waals surface area contributed by atoms with E-state index < -0.39 is 6.10 Å². The molecule has 468 valence electrons. The second kappa shape index (κ2) is 69.5. The average molecular weight is 1150 g/mol. The zero-order valence-electron chi connectivity index (χ0n) is 53.7. The normalized spacial score (nSPS) is 13.1. The second-order valence-corrected chi connectivity index (χ2v) is 22.0. The van der Waals surface area contributed by atoms with Crippen molar-refractivity contribution in [1.82, 2.24) is 0 Å². The number of carbonyl (C=O) groups is 3. The van der Waals surface area contributed by atoms with Crippen LogP contribution in [0.5, 0.6) is 0 Å². The standard InChI is InChI=1S/C77H124O6/c1-4-7-10-13-16-19-22-25-28-30-32-33-34-35-36-37-38-39-40-41-42-43-45-46-49-52-55-58-61-64-67-70-76(79)82-73-74(72-81-75(78)69-66-63-60-57-54-51-48-27-24-21-18-15-12-9-6-3)83-77(80)71-68-65-62-59-56-53-50-47-44-31-29-26-23-20-17-14-11-8-5-2/h7-8,10-11,16-21,25-29,32-33,35-36,38-39,41-42,44,47-48,74H,4-6,9,12-15,22-24,30-31,34,37,40,43,45-46,49-73H2,1-3H3/b10-7-,11-8-,19-16-,20-17-,21-18-,28-25-,29-26-,33-32-,36-35-,39-38-,42-41-,47-44-,48-27-. The van der Waals surface area contributed by atoms with E-state index in [0.717, 1.165) is 173 Å². The Morgan fingerprint density at radius 3 is 0.735 bits per heavy atom. The van der Waals surface area contributed by atoms with Crippen LogP contribution in [0.1, 0.15) is 290 Å². The first-order valence-corrected chi connectivity index (χ1v) is 34.0. The molecule has 0 spiro atoms. The molecule has 0 radical (unpaired) electrons. The van der Waals surface area contributed by atoms with Crippen molar-refractivity contribution in [2.75, 3.05) is 13.2 Å². The minimum Gasteiger partial charge on any atom is -0.462 e. The first kappa shape index (κ1) is 78.0. The average Bonchev–Trinajstić information content (AvgIpc) is 3.49. The quantitative estimate of drug-likeness (QED) is 0.0261. The van der Waals surface area contributed by atoms with E-state index >= 15 is 0 Å².